The molecule has 352 valence electrons. The van der Waals surface area contributed by atoms with Gasteiger partial charge in [-0.2, -0.15) is 0 Å². The predicted octanol–water partition coefficient (Wildman–Crippen LogP) is 2.87. The van der Waals surface area contributed by atoms with E-state index in [2.05, 4.69) is 4.72 Å². The molecule has 19 atom stereocenters. The van der Waals surface area contributed by atoms with Gasteiger partial charge in [0.1, 0.15) is 23.9 Å². The molecular weight excluding hydrogens is 813 g/mol. The van der Waals surface area contributed by atoms with Crippen molar-refractivity contribution >= 4 is 16.0 Å². The molecule has 0 bridgehead atoms. The molecule has 61 heavy (non-hydrogen) atoms. The number of hydrogen-bond donors (Lipinski definition) is 6. The lowest BCUT2D eigenvalue weighted by Gasteiger charge is -2.49. The summed E-state index contributed by atoms with van der Waals surface area (Å²) in [5.74, 6) is -4.59. The van der Waals surface area contributed by atoms with Crippen molar-refractivity contribution < 1.29 is 67.2 Å². The zero-order chi connectivity index (χ0) is 46.2. The van der Waals surface area contributed by atoms with Gasteiger partial charge in [-0.25, -0.2) is 13.1 Å². The van der Waals surface area contributed by atoms with Crippen molar-refractivity contribution in [1.82, 2.24) is 9.62 Å². The van der Waals surface area contributed by atoms with Crippen molar-refractivity contribution in [3.05, 3.63) is 29.8 Å². The number of nitrogens with one attached hydrogen (secondary N) is 1. The maximum Gasteiger partial charge on any atom is 0.311 e. The van der Waals surface area contributed by atoms with Crippen LogP contribution in [0.5, 0.6) is 0 Å². The highest BCUT2D eigenvalue weighted by Gasteiger charge is 2.54. The smallest absolute Gasteiger partial charge is 0.311 e. The first-order valence-electron chi connectivity index (χ1n) is 21.7. The van der Waals surface area contributed by atoms with E-state index in [0.717, 1.165) is 0 Å². The monoisotopic (exact) mass is 889 g/mol. The number of aliphatic hydroxyl groups is 5. The van der Waals surface area contributed by atoms with E-state index in [1.165, 1.54) is 27.0 Å². The highest BCUT2D eigenvalue weighted by molar-refractivity contribution is 7.89. The van der Waals surface area contributed by atoms with Crippen LogP contribution < -0.4 is 4.72 Å². The van der Waals surface area contributed by atoms with E-state index in [1.807, 2.05) is 25.9 Å². The second-order valence-corrected chi connectivity index (χ2v) is 20.8. The van der Waals surface area contributed by atoms with Gasteiger partial charge in [0.2, 0.25) is 10.0 Å². The second-order valence-electron chi connectivity index (χ2n) is 19.1. The Morgan fingerprint density at radius 3 is 2.11 bits per heavy atom. The SMILES string of the molecule is CCC1OC(=O)[C@H](C)C(O[C@H]2C[C@@](C)(OC)[C@@H](O)[C@H](C)O2)[C@H](C)[C@@H](O[C@@H]2O[C@H](C)C[C@H](N(C)C)[C@H]2O)[C@](C)(O)C[C@@H](C)[C@H](NS(=O)(=O)c2ccccc2C)[C@H](C)[C@@H](O)[C@]1(C)O. The predicted molar refractivity (Wildman–Crippen MR) is 227 cm³/mol. The quantitative estimate of drug-likeness (QED) is 0.186. The van der Waals surface area contributed by atoms with Crippen molar-refractivity contribution in [2.75, 3.05) is 21.2 Å². The molecule has 3 heterocycles. The molecule has 2 unspecified atom stereocenters. The molecule has 4 rings (SSSR count). The van der Waals surface area contributed by atoms with E-state index in [0.29, 0.717) is 12.0 Å². The molecule has 3 aliphatic heterocycles. The molecule has 1 aromatic carbocycles. The first-order valence-corrected chi connectivity index (χ1v) is 23.2. The average molecular weight is 889 g/mol. The molecule has 1 aromatic rings. The molecule has 0 radical (unpaired) electrons. The van der Waals surface area contributed by atoms with Crippen molar-refractivity contribution in [3.63, 3.8) is 0 Å². The number of rotatable bonds is 10. The molecule has 0 aromatic heterocycles. The maximum absolute atomic E-state index is 14.4. The van der Waals surface area contributed by atoms with Crippen LogP contribution in [0.3, 0.4) is 0 Å². The molecule has 0 aliphatic carbocycles. The third kappa shape index (κ3) is 11.3. The van der Waals surface area contributed by atoms with Crippen LogP contribution in [0.4, 0.5) is 0 Å². The highest BCUT2D eigenvalue weighted by atomic mass is 32.2. The van der Waals surface area contributed by atoms with Crippen molar-refractivity contribution in [2.24, 2.45) is 23.7 Å². The molecule has 0 saturated carbocycles. The van der Waals surface area contributed by atoms with Gasteiger partial charge in [0, 0.05) is 37.5 Å². The van der Waals surface area contributed by atoms with Crippen LogP contribution in [-0.4, -0.2) is 156 Å². The largest absolute Gasteiger partial charge is 0.459 e. The van der Waals surface area contributed by atoms with Crippen LogP contribution in [0.15, 0.2) is 29.2 Å². The van der Waals surface area contributed by atoms with Gasteiger partial charge >= 0.3 is 5.97 Å². The Hall–Kier alpha value is -1.84. The molecule has 0 spiro atoms. The number of methoxy groups -OCH3 is 1. The summed E-state index contributed by atoms with van der Waals surface area (Å²) in [4.78, 5) is 16.3. The number of ether oxygens (including phenoxy) is 6. The van der Waals surface area contributed by atoms with E-state index in [1.54, 1.807) is 73.6 Å². The summed E-state index contributed by atoms with van der Waals surface area (Å²) >= 11 is 0. The molecule has 17 heteroatoms. The molecule has 6 N–H and O–H groups in total. The van der Waals surface area contributed by atoms with Crippen LogP contribution in [0.25, 0.3) is 0 Å². The molecule has 16 nitrogen and oxygen atoms in total. The lowest BCUT2D eigenvalue weighted by Crippen LogP contribution is -2.62. The standard InChI is InChI=1S/C44H76N2O14S/c1-15-32-44(11,52)37(48)26(5)34(45-61(53,54)31-19-17-16-18-23(31)2)24(3)21-42(9,51)39(60-41-35(47)30(46(12)13)20-25(4)56-41)27(6)36(28(7)40(50)58-32)59-33-22-43(10,55-14)38(49)29(8)57-33/h16-19,24-30,32-39,41,45,47-49,51-52H,15,20-22H2,1-14H3/t24-,25-,26+,27+,28-,29+,30+,32?,33+,34+,35-,36?,37-,38+,39-,41+,42-,43-,44-/m1/s1. The van der Waals surface area contributed by atoms with Gasteiger partial charge in [-0.1, -0.05) is 45.9 Å². The average Bonchev–Trinajstić information content (AvgIpc) is 3.18. The first kappa shape index (κ1) is 51.8. The van der Waals surface area contributed by atoms with E-state index in [-0.39, 0.29) is 36.3 Å². The summed E-state index contributed by atoms with van der Waals surface area (Å²) in [6.07, 6.45) is -10.4. The van der Waals surface area contributed by atoms with Crippen LogP contribution >= 0.6 is 0 Å². The Morgan fingerprint density at radius 1 is 0.918 bits per heavy atom. The van der Waals surface area contributed by atoms with Gasteiger partial charge in [-0.3, -0.25) is 4.79 Å². The van der Waals surface area contributed by atoms with Crippen LogP contribution in [0, 0.1) is 30.6 Å². The molecule has 3 aliphatic rings. The number of cyclic esters (lactones) is 1. The van der Waals surface area contributed by atoms with Gasteiger partial charge in [0.15, 0.2) is 12.6 Å². The zero-order valence-corrected chi connectivity index (χ0v) is 39.5. The van der Waals surface area contributed by atoms with Crippen LogP contribution in [0.1, 0.15) is 100 Å². The Balaban J connectivity index is 1.91. The fraction of sp³-hybridized carbons (Fsp3) is 0.841. The Bertz CT molecular complexity index is 1710. The second kappa shape index (κ2) is 20.1. The lowest BCUT2D eigenvalue weighted by molar-refractivity contribution is -0.318. The Kier molecular flexibility index (Phi) is 17.1. The molecule has 0 amide bonds. The van der Waals surface area contributed by atoms with Crippen LogP contribution in [-0.2, 0) is 43.2 Å². The molecular formula is C44H76N2O14S. The minimum Gasteiger partial charge on any atom is -0.459 e. The van der Waals surface area contributed by atoms with Crippen molar-refractivity contribution in [2.45, 2.75) is 197 Å². The van der Waals surface area contributed by atoms with E-state index >= 15 is 0 Å². The number of esters is 1. The summed E-state index contributed by atoms with van der Waals surface area (Å²) in [5.41, 5.74) is -4.56. The third-order valence-electron chi connectivity index (χ3n) is 13.8. The zero-order valence-electron chi connectivity index (χ0n) is 38.6. The minimum atomic E-state index is -4.25. The number of nitrogens with zero attached hydrogens (tertiary/aromatic N) is 1. The summed E-state index contributed by atoms with van der Waals surface area (Å²) in [6, 6.07) is 4.99. The van der Waals surface area contributed by atoms with E-state index in [4.69, 9.17) is 28.4 Å². The highest BCUT2D eigenvalue weighted by Crippen LogP contribution is 2.41. The van der Waals surface area contributed by atoms with E-state index < -0.39 is 118 Å². The topological polar surface area (TPSA) is 223 Å². The van der Waals surface area contributed by atoms with Crippen LogP contribution in [0.2, 0.25) is 0 Å². The lowest BCUT2D eigenvalue weighted by atomic mass is 9.72. The summed E-state index contributed by atoms with van der Waals surface area (Å²) < 4.78 is 68.9. The summed E-state index contributed by atoms with van der Waals surface area (Å²) in [7, 11) is 0.906. The number of hydrogen-bond acceptors (Lipinski definition) is 15. The number of likely N-dealkylation sites (N-methyl/N-ethyl adjacent to an activating group) is 1. The maximum atomic E-state index is 14.4. The van der Waals surface area contributed by atoms with Gasteiger partial charge in [-0.05, 0) is 99.4 Å². The summed E-state index contributed by atoms with van der Waals surface area (Å²) in [6.45, 7) is 18.2. The number of benzene rings is 1. The van der Waals surface area contributed by atoms with Gasteiger partial charge in [0.25, 0.3) is 0 Å². The van der Waals surface area contributed by atoms with Crippen molar-refractivity contribution in [1.29, 1.82) is 0 Å². The number of aliphatic hydroxyl groups excluding tert-OH is 3. The number of carbonyl (C=O) groups is 1. The Labute approximate surface area is 363 Å². The fourth-order valence-electron chi connectivity index (χ4n) is 9.93. The number of aryl methyl sites for hydroxylation is 1. The Morgan fingerprint density at radius 2 is 1.54 bits per heavy atom. The summed E-state index contributed by atoms with van der Waals surface area (Å²) in [5, 5.41) is 59.8. The number of sulfonamides is 1. The minimum absolute atomic E-state index is 0.0235. The van der Waals surface area contributed by atoms with Gasteiger partial charge < -0.3 is 58.9 Å². The first-order chi connectivity index (χ1) is 28.1. The van der Waals surface area contributed by atoms with Gasteiger partial charge in [-0.15, -0.1) is 0 Å². The third-order valence-corrected chi connectivity index (χ3v) is 15.4. The normalized spacial score (nSPS) is 45.0. The fourth-order valence-corrected chi connectivity index (χ4v) is 11.6. The van der Waals surface area contributed by atoms with E-state index in [9.17, 15) is 38.7 Å². The molecule has 3 saturated heterocycles. The number of carbonyl (C=O) groups excluding carboxylic acids is 1. The van der Waals surface area contributed by atoms with Crippen molar-refractivity contribution in [3.8, 4) is 0 Å². The van der Waals surface area contributed by atoms with Gasteiger partial charge in [0.05, 0.1) is 52.5 Å². The molecule has 3 fully saturated rings.